The Balaban J connectivity index is 1.59. The zero-order valence-electron chi connectivity index (χ0n) is 13.8. The number of pyridine rings is 1. The van der Waals surface area contributed by atoms with Crippen molar-refractivity contribution in [3.05, 3.63) is 88.0 Å². The normalized spacial score (nSPS) is 10.3. The fourth-order valence-electron chi connectivity index (χ4n) is 2.38. The molecule has 3 aromatic rings. The van der Waals surface area contributed by atoms with E-state index in [4.69, 9.17) is 0 Å². The van der Waals surface area contributed by atoms with Crippen molar-refractivity contribution in [3.63, 3.8) is 0 Å². The number of rotatable bonds is 5. The first-order valence-electron chi connectivity index (χ1n) is 7.92. The first-order chi connectivity index (χ1) is 12.1. The number of nitrogens with one attached hydrogen (secondary N) is 2. The van der Waals surface area contributed by atoms with Crippen LogP contribution in [0.1, 0.15) is 21.5 Å². The van der Waals surface area contributed by atoms with E-state index in [-0.39, 0.29) is 5.91 Å². The summed E-state index contributed by atoms with van der Waals surface area (Å²) in [6.45, 7) is 2.76. The minimum Gasteiger partial charge on any atom is -0.366 e. The number of benzene rings is 2. The molecule has 0 spiro atoms. The summed E-state index contributed by atoms with van der Waals surface area (Å²) in [5.41, 5.74) is 3.69. The monoisotopic (exact) mass is 395 g/mol. The lowest BCUT2D eigenvalue weighted by atomic mass is 10.1. The molecule has 126 valence electrons. The Morgan fingerprint density at radius 2 is 1.88 bits per heavy atom. The van der Waals surface area contributed by atoms with Gasteiger partial charge in [-0.3, -0.25) is 4.79 Å². The van der Waals surface area contributed by atoms with E-state index in [0.29, 0.717) is 12.1 Å². The molecule has 0 bridgehead atoms. The Bertz CT molecular complexity index is 861. The van der Waals surface area contributed by atoms with E-state index in [2.05, 4.69) is 56.7 Å². The topological polar surface area (TPSA) is 54.0 Å². The van der Waals surface area contributed by atoms with E-state index in [9.17, 15) is 4.79 Å². The molecule has 1 amide bonds. The molecule has 3 rings (SSSR count). The van der Waals surface area contributed by atoms with E-state index in [1.165, 1.54) is 11.1 Å². The Morgan fingerprint density at radius 1 is 1.08 bits per heavy atom. The van der Waals surface area contributed by atoms with Gasteiger partial charge in [0.15, 0.2) is 0 Å². The molecule has 2 aromatic carbocycles. The lowest BCUT2D eigenvalue weighted by molar-refractivity contribution is 0.102. The summed E-state index contributed by atoms with van der Waals surface area (Å²) < 4.78 is 0.969. The molecule has 0 fully saturated rings. The average Bonchev–Trinajstić information content (AvgIpc) is 2.62. The molecule has 25 heavy (non-hydrogen) atoms. The highest BCUT2D eigenvalue weighted by atomic mass is 79.9. The van der Waals surface area contributed by atoms with E-state index in [1.807, 2.05) is 36.4 Å². The van der Waals surface area contributed by atoms with Gasteiger partial charge >= 0.3 is 0 Å². The Kier molecular flexibility index (Phi) is 5.46. The zero-order valence-corrected chi connectivity index (χ0v) is 15.4. The van der Waals surface area contributed by atoms with Crippen LogP contribution < -0.4 is 10.6 Å². The summed E-state index contributed by atoms with van der Waals surface area (Å²) >= 11 is 3.37. The van der Waals surface area contributed by atoms with Crippen LogP contribution in [-0.2, 0) is 6.54 Å². The highest BCUT2D eigenvalue weighted by Gasteiger charge is 2.07. The quantitative estimate of drug-likeness (QED) is 0.637. The number of aromatic nitrogens is 1. The predicted molar refractivity (Wildman–Crippen MR) is 105 cm³/mol. The van der Waals surface area contributed by atoms with Crippen molar-refractivity contribution in [1.29, 1.82) is 0 Å². The molecule has 0 saturated carbocycles. The average molecular weight is 396 g/mol. The minimum absolute atomic E-state index is 0.181. The second-order valence-corrected chi connectivity index (χ2v) is 6.65. The van der Waals surface area contributed by atoms with Crippen molar-refractivity contribution in [2.75, 3.05) is 10.6 Å². The van der Waals surface area contributed by atoms with Gasteiger partial charge in [0.05, 0.1) is 5.56 Å². The highest BCUT2D eigenvalue weighted by molar-refractivity contribution is 9.10. The van der Waals surface area contributed by atoms with Gasteiger partial charge in [0.1, 0.15) is 5.82 Å². The lowest BCUT2D eigenvalue weighted by Crippen LogP contribution is -2.12. The molecule has 4 nitrogen and oxygen atoms in total. The summed E-state index contributed by atoms with van der Waals surface area (Å²) in [5.74, 6) is 0.557. The number of anilines is 2. The summed E-state index contributed by atoms with van der Waals surface area (Å²) in [6.07, 6.45) is 1.58. The van der Waals surface area contributed by atoms with Crippen LogP contribution in [0, 0.1) is 6.92 Å². The Labute approximate surface area is 155 Å². The maximum absolute atomic E-state index is 12.2. The van der Waals surface area contributed by atoms with Crippen molar-refractivity contribution in [2.24, 2.45) is 0 Å². The molecule has 0 aliphatic rings. The van der Waals surface area contributed by atoms with Crippen molar-refractivity contribution < 1.29 is 4.79 Å². The van der Waals surface area contributed by atoms with Gasteiger partial charge in [-0.1, -0.05) is 45.8 Å². The maximum Gasteiger partial charge on any atom is 0.257 e. The molecule has 1 heterocycles. The van der Waals surface area contributed by atoms with Gasteiger partial charge in [-0.25, -0.2) is 4.98 Å². The van der Waals surface area contributed by atoms with E-state index in [1.54, 1.807) is 12.3 Å². The van der Waals surface area contributed by atoms with Crippen LogP contribution >= 0.6 is 15.9 Å². The van der Waals surface area contributed by atoms with E-state index < -0.39 is 0 Å². The molecule has 0 aliphatic carbocycles. The van der Waals surface area contributed by atoms with Crippen molar-refractivity contribution >= 4 is 33.3 Å². The van der Waals surface area contributed by atoms with Gasteiger partial charge in [-0.2, -0.15) is 0 Å². The predicted octanol–water partition coefficient (Wildman–Crippen LogP) is 5.02. The van der Waals surface area contributed by atoms with E-state index >= 15 is 0 Å². The molecule has 0 saturated heterocycles. The van der Waals surface area contributed by atoms with Crippen LogP contribution in [0.5, 0.6) is 0 Å². The second-order valence-electron chi connectivity index (χ2n) is 5.74. The van der Waals surface area contributed by atoms with Crippen LogP contribution in [0.2, 0.25) is 0 Å². The number of halogens is 1. The third-order valence-electron chi connectivity index (χ3n) is 3.68. The van der Waals surface area contributed by atoms with Gasteiger partial charge in [0.25, 0.3) is 5.91 Å². The smallest absolute Gasteiger partial charge is 0.257 e. The Morgan fingerprint density at radius 3 is 2.56 bits per heavy atom. The number of carbonyl (C=O) groups excluding carboxylic acids is 1. The van der Waals surface area contributed by atoms with Gasteiger partial charge < -0.3 is 10.6 Å². The van der Waals surface area contributed by atoms with Gasteiger partial charge in [0, 0.05) is 22.9 Å². The van der Waals surface area contributed by atoms with Crippen LogP contribution in [0.25, 0.3) is 0 Å². The van der Waals surface area contributed by atoms with Crippen molar-refractivity contribution in [1.82, 2.24) is 4.98 Å². The minimum atomic E-state index is -0.181. The molecule has 1 aromatic heterocycles. The van der Waals surface area contributed by atoms with Crippen LogP contribution in [-0.4, -0.2) is 10.9 Å². The summed E-state index contributed by atoms with van der Waals surface area (Å²) in [6, 6.07) is 19.3. The van der Waals surface area contributed by atoms with Gasteiger partial charge in [-0.05, 0) is 48.9 Å². The largest absolute Gasteiger partial charge is 0.366 e. The highest BCUT2D eigenvalue weighted by Crippen LogP contribution is 2.15. The first kappa shape index (κ1) is 17.2. The number of nitrogens with zero attached hydrogens (tertiary/aromatic N) is 1. The number of aryl methyl sites for hydroxylation is 1. The third-order valence-corrected chi connectivity index (χ3v) is 4.21. The van der Waals surface area contributed by atoms with Crippen molar-refractivity contribution in [3.8, 4) is 0 Å². The van der Waals surface area contributed by atoms with Gasteiger partial charge in [0.2, 0.25) is 0 Å². The third kappa shape index (κ3) is 4.90. The van der Waals surface area contributed by atoms with Crippen LogP contribution in [0.4, 0.5) is 11.5 Å². The number of amides is 1. The molecular weight excluding hydrogens is 378 g/mol. The molecule has 0 aliphatic heterocycles. The molecule has 2 N–H and O–H groups in total. The van der Waals surface area contributed by atoms with Crippen LogP contribution in [0.15, 0.2) is 71.3 Å². The number of carbonyl (C=O) groups is 1. The molecule has 0 atom stereocenters. The van der Waals surface area contributed by atoms with E-state index in [0.717, 1.165) is 16.0 Å². The fourth-order valence-corrected chi connectivity index (χ4v) is 2.65. The number of hydrogen-bond acceptors (Lipinski definition) is 3. The van der Waals surface area contributed by atoms with Gasteiger partial charge in [-0.15, -0.1) is 0 Å². The van der Waals surface area contributed by atoms with Crippen LogP contribution in [0.3, 0.4) is 0 Å². The number of hydrogen-bond donors (Lipinski definition) is 2. The summed E-state index contributed by atoms with van der Waals surface area (Å²) in [7, 11) is 0. The molecule has 0 unspecified atom stereocenters. The fraction of sp³-hybridized carbons (Fsp3) is 0.100. The lowest BCUT2D eigenvalue weighted by Gasteiger charge is -2.08. The summed E-state index contributed by atoms with van der Waals surface area (Å²) in [4.78, 5) is 16.6. The molecule has 0 radical (unpaired) electrons. The summed E-state index contributed by atoms with van der Waals surface area (Å²) in [5, 5.41) is 6.11. The van der Waals surface area contributed by atoms with Crippen molar-refractivity contribution in [2.45, 2.75) is 13.5 Å². The standard InChI is InChI=1S/C20H18BrN3O/c1-14-3-2-4-15(11-14)12-22-19-10-5-16(13-23-19)20(25)24-18-8-6-17(21)7-9-18/h2-11,13H,12H2,1H3,(H,22,23)(H,24,25). The maximum atomic E-state index is 12.2. The molecule has 5 heteroatoms. The molecular formula is C20H18BrN3O. The Hall–Kier alpha value is -2.66. The SMILES string of the molecule is Cc1cccc(CNc2ccc(C(=O)Nc3ccc(Br)cc3)cn2)c1. The second kappa shape index (κ2) is 7.94. The first-order valence-corrected chi connectivity index (χ1v) is 8.72. The zero-order chi connectivity index (χ0) is 17.6.